The Labute approximate surface area is 145 Å². The summed E-state index contributed by atoms with van der Waals surface area (Å²) in [7, 11) is 0. The van der Waals surface area contributed by atoms with Crippen LogP contribution in [0.4, 0.5) is 0 Å². The van der Waals surface area contributed by atoms with Crippen LogP contribution in [0, 0.1) is 0 Å². The maximum Gasteiger partial charge on any atom is 0.161 e. The van der Waals surface area contributed by atoms with Gasteiger partial charge in [-0.15, -0.1) is 0 Å². The Morgan fingerprint density at radius 3 is 2.46 bits per heavy atom. The van der Waals surface area contributed by atoms with Crippen LogP contribution in [0.5, 0.6) is 11.5 Å². The summed E-state index contributed by atoms with van der Waals surface area (Å²) >= 11 is 0. The molecule has 24 heavy (non-hydrogen) atoms. The van der Waals surface area contributed by atoms with Gasteiger partial charge in [0, 0.05) is 11.5 Å². The molecule has 1 aromatic rings. The number of aliphatic hydroxyl groups excluding tert-OH is 1. The molecule has 0 heterocycles. The van der Waals surface area contributed by atoms with Crippen LogP contribution in [0.2, 0.25) is 0 Å². The molecule has 132 valence electrons. The Kier molecular flexibility index (Phi) is 9.62. The fourth-order valence-electron chi connectivity index (χ4n) is 2.70. The van der Waals surface area contributed by atoms with Crippen molar-refractivity contribution in [1.82, 2.24) is 0 Å². The number of hydrogen-bond acceptors (Lipinski definition) is 3. The molecule has 0 bridgehead atoms. The highest BCUT2D eigenvalue weighted by atomic mass is 16.3. The van der Waals surface area contributed by atoms with E-state index in [0.717, 1.165) is 32.1 Å². The molecule has 0 aliphatic heterocycles. The number of rotatable bonds is 10. The van der Waals surface area contributed by atoms with Crippen molar-refractivity contribution in [2.24, 2.45) is 0 Å². The van der Waals surface area contributed by atoms with Crippen LogP contribution in [-0.2, 0) is 0 Å². The highest BCUT2D eigenvalue weighted by Crippen LogP contribution is 2.38. The van der Waals surface area contributed by atoms with E-state index in [-0.39, 0.29) is 17.4 Å². The van der Waals surface area contributed by atoms with E-state index in [9.17, 15) is 15.3 Å². The van der Waals surface area contributed by atoms with Crippen LogP contribution >= 0.6 is 0 Å². The third-order valence-corrected chi connectivity index (χ3v) is 4.06. The van der Waals surface area contributed by atoms with E-state index in [4.69, 9.17) is 0 Å². The SMILES string of the molecule is CC=CC=CC=CC(O)C(CCCCCC)c1cccc(O)c1O. The summed E-state index contributed by atoms with van der Waals surface area (Å²) in [6.45, 7) is 4.10. The number of aliphatic hydroxyl groups is 1. The molecule has 0 radical (unpaired) electrons. The minimum Gasteiger partial charge on any atom is -0.504 e. The lowest BCUT2D eigenvalue weighted by atomic mass is 9.87. The second kappa shape index (κ2) is 11.5. The average Bonchev–Trinajstić information content (AvgIpc) is 2.57. The van der Waals surface area contributed by atoms with E-state index in [2.05, 4.69) is 6.92 Å². The predicted molar refractivity (Wildman–Crippen MR) is 100 cm³/mol. The topological polar surface area (TPSA) is 60.7 Å². The van der Waals surface area contributed by atoms with Crippen LogP contribution < -0.4 is 0 Å². The molecule has 3 nitrogen and oxygen atoms in total. The molecule has 2 unspecified atom stereocenters. The van der Waals surface area contributed by atoms with Gasteiger partial charge in [0.05, 0.1) is 6.10 Å². The van der Waals surface area contributed by atoms with E-state index in [1.54, 1.807) is 18.2 Å². The molecule has 0 fully saturated rings. The van der Waals surface area contributed by atoms with Crippen molar-refractivity contribution >= 4 is 0 Å². The normalized spacial score (nSPS) is 14.8. The summed E-state index contributed by atoms with van der Waals surface area (Å²) in [5.41, 5.74) is 0.598. The zero-order valence-electron chi connectivity index (χ0n) is 14.7. The van der Waals surface area contributed by atoms with E-state index >= 15 is 0 Å². The Balaban J connectivity index is 2.89. The van der Waals surface area contributed by atoms with Gasteiger partial charge in [0.25, 0.3) is 0 Å². The summed E-state index contributed by atoms with van der Waals surface area (Å²) < 4.78 is 0. The van der Waals surface area contributed by atoms with E-state index < -0.39 is 6.10 Å². The molecule has 2 atom stereocenters. The van der Waals surface area contributed by atoms with Gasteiger partial charge in [-0.3, -0.25) is 0 Å². The molecular formula is C21H30O3. The highest BCUT2D eigenvalue weighted by Gasteiger charge is 2.22. The second-order valence-electron chi connectivity index (χ2n) is 5.96. The third-order valence-electron chi connectivity index (χ3n) is 4.06. The van der Waals surface area contributed by atoms with Crippen molar-refractivity contribution in [3.63, 3.8) is 0 Å². The third kappa shape index (κ3) is 6.63. The maximum atomic E-state index is 10.6. The van der Waals surface area contributed by atoms with Crippen LogP contribution in [0.25, 0.3) is 0 Å². The van der Waals surface area contributed by atoms with Gasteiger partial charge in [-0.25, -0.2) is 0 Å². The fourth-order valence-corrected chi connectivity index (χ4v) is 2.70. The largest absolute Gasteiger partial charge is 0.504 e. The fraction of sp³-hybridized carbons (Fsp3) is 0.429. The minimum atomic E-state index is -0.713. The lowest BCUT2D eigenvalue weighted by Crippen LogP contribution is -2.16. The highest BCUT2D eigenvalue weighted by molar-refractivity contribution is 5.46. The number of hydrogen-bond donors (Lipinski definition) is 3. The Bertz CT molecular complexity index is 558. The van der Waals surface area contributed by atoms with Crippen molar-refractivity contribution in [1.29, 1.82) is 0 Å². The lowest BCUT2D eigenvalue weighted by Gasteiger charge is -2.22. The minimum absolute atomic E-state index is 0.130. The molecule has 0 amide bonds. The average molecular weight is 330 g/mol. The van der Waals surface area contributed by atoms with Gasteiger partial charge in [0.15, 0.2) is 11.5 Å². The smallest absolute Gasteiger partial charge is 0.161 e. The van der Waals surface area contributed by atoms with Crippen LogP contribution in [-0.4, -0.2) is 21.4 Å². The Morgan fingerprint density at radius 2 is 1.75 bits per heavy atom. The van der Waals surface area contributed by atoms with Crippen molar-refractivity contribution < 1.29 is 15.3 Å². The molecule has 3 heteroatoms. The van der Waals surface area contributed by atoms with Gasteiger partial charge in [-0.2, -0.15) is 0 Å². The second-order valence-corrected chi connectivity index (χ2v) is 5.96. The summed E-state index contributed by atoms with van der Waals surface area (Å²) in [6.07, 6.45) is 15.6. The monoisotopic (exact) mass is 330 g/mol. The first kappa shape index (κ1) is 20.0. The summed E-state index contributed by atoms with van der Waals surface area (Å²) in [5.74, 6) is -0.509. The zero-order chi connectivity index (χ0) is 17.8. The van der Waals surface area contributed by atoms with Crippen molar-refractivity contribution in [2.45, 2.75) is 58.0 Å². The van der Waals surface area contributed by atoms with Crippen LogP contribution in [0.15, 0.2) is 54.7 Å². The molecule has 0 aliphatic carbocycles. The molecule has 0 aromatic heterocycles. The van der Waals surface area contributed by atoms with Gasteiger partial charge in [0.2, 0.25) is 0 Å². The standard InChI is InChI=1S/C21H30O3/c1-3-5-7-9-11-15-19(22)17(13-10-8-6-4-2)18-14-12-16-20(23)21(18)24/h3,5,7,9,11-12,14-17,19,22-24H,4,6,8,10,13H2,1-2H3. The van der Waals surface area contributed by atoms with Gasteiger partial charge in [0.1, 0.15) is 0 Å². The molecular weight excluding hydrogens is 300 g/mol. The van der Waals surface area contributed by atoms with Crippen LogP contribution in [0.1, 0.15) is 57.4 Å². The van der Waals surface area contributed by atoms with E-state index in [1.165, 1.54) is 6.07 Å². The molecule has 3 N–H and O–H groups in total. The van der Waals surface area contributed by atoms with E-state index in [1.807, 2.05) is 37.3 Å². The van der Waals surface area contributed by atoms with Crippen molar-refractivity contribution in [2.75, 3.05) is 0 Å². The first-order chi connectivity index (χ1) is 11.6. The molecule has 1 rings (SSSR count). The van der Waals surface area contributed by atoms with Gasteiger partial charge in [-0.1, -0.05) is 81.2 Å². The first-order valence-corrected chi connectivity index (χ1v) is 8.76. The summed E-state index contributed by atoms with van der Waals surface area (Å²) in [4.78, 5) is 0. The molecule has 0 aliphatic rings. The maximum absolute atomic E-state index is 10.6. The van der Waals surface area contributed by atoms with Crippen molar-refractivity contribution in [3.05, 3.63) is 60.2 Å². The summed E-state index contributed by atoms with van der Waals surface area (Å²) in [6, 6.07) is 4.92. The van der Waals surface area contributed by atoms with Gasteiger partial charge in [-0.05, 0) is 19.4 Å². The Morgan fingerprint density at radius 1 is 1.00 bits per heavy atom. The molecule has 0 saturated carbocycles. The number of para-hydroxylation sites is 1. The first-order valence-electron chi connectivity index (χ1n) is 8.76. The quantitative estimate of drug-likeness (QED) is 0.314. The molecule has 0 spiro atoms. The van der Waals surface area contributed by atoms with Crippen LogP contribution in [0.3, 0.4) is 0 Å². The van der Waals surface area contributed by atoms with E-state index in [0.29, 0.717) is 5.56 Å². The zero-order valence-corrected chi connectivity index (χ0v) is 14.7. The van der Waals surface area contributed by atoms with Crippen molar-refractivity contribution in [3.8, 4) is 11.5 Å². The predicted octanol–water partition coefficient (Wildman–Crippen LogP) is 5.20. The number of phenols is 2. The number of allylic oxidation sites excluding steroid dienone is 5. The molecule has 0 saturated heterocycles. The lowest BCUT2D eigenvalue weighted by molar-refractivity contribution is 0.180. The number of aromatic hydroxyl groups is 2. The molecule has 1 aromatic carbocycles. The van der Waals surface area contributed by atoms with Gasteiger partial charge >= 0.3 is 0 Å². The number of unbranched alkanes of at least 4 members (excludes halogenated alkanes) is 3. The van der Waals surface area contributed by atoms with Gasteiger partial charge < -0.3 is 15.3 Å². The Hall–Kier alpha value is -2.00. The summed E-state index contributed by atoms with van der Waals surface area (Å²) in [5, 5.41) is 30.5. The number of phenolic OH excluding ortho intramolecular Hbond substituents is 2. The number of benzene rings is 1.